The van der Waals surface area contributed by atoms with Gasteiger partial charge in [-0.15, -0.1) is 0 Å². The SMILES string of the molecule is CCC(C)c1ccccc1OCCCn1ccnc1.O=C(O)C(=O)O. The summed E-state index contributed by atoms with van der Waals surface area (Å²) >= 11 is 0. The standard InChI is InChI=1S/C16H22N2O.C2H2O4/c1-3-14(2)15-7-4-5-8-16(15)19-12-6-10-18-11-9-17-13-18;3-1(4)2(5)6/h4-5,7-9,11,13-14H,3,6,10,12H2,1-2H3;(H,3,4)(H,5,6). The van der Waals surface area contributed by atoms with E-state index >= 15 is 0 Å². The molecule has 1 atom stereocenters. The number of benzene rings is 1. The Kier molecular flexibility index (Phi) is 8.78. The summed E-state index contributed by atoms with van der Waals surface area (Å²) in [5, 5.41) is 14.8. The summed E-state index contributed by atoms with van der Waals surface area (Å²) in [5.41, 5.74) is 1.31. The lowest BCUT2D eigenvalue weighted by Gasteiger charge is -2.15. The molecular weight excluding hydrogens is 324 g/mol. The molecule has 0 fully saturated rings. The molecule has 1 aromatic carbocycles. The van der Waals surface area contributed by atoms with Gasteiger partial charge in [-0.25, -0.2) is 14.6 Å². The fourth-order valence-electron chi connectivity index (χ4n) is 2.09. The van der Waals surface area contributed by atoms with E-state index in [2.05, 4.69) is 41.6 Å². The lowest BCUT2D eigenvalue weighted by atomic mass is 9.98. The van der Waals surface area contributed by atoms with Crippen LogP contribution in [-0.2, 0) is 16.1 Å². The predicted octanol–water partition coefficient (Wildman–Crippen LogP) is 3.02. The molecule has 7 nitrogen and oxygen atoms in total. The van der Waals surface area contributed by atoms with E-state index in [9.17, 15) is 0 Å². The van der Waals surface area contributed by atoms with Crippen LogP contribution in [0.25, 0.3) is 0 Å². The van der Waals surface area contributed by atoms with Gasteiger partial charge in [0.05, 0.1) is 12.9 Å². The van der Waals surface area contributed by atoms with Crippen LogP contribution in [0.5, 0.6) is 5.75 Å². The molecule has 1 unspecified atom stereocenters. The minimum Gasteiger partial charge on any atom is -0.493 e. The summed E-state index contributed by atoms with van der Waals surface area (Å²) < 4.78 is 8.00. The number of hydrogen-bond donors (Lipinski definition) is 2. The van der Waals surface area contributed by atoms with Crippen LogP contribution in [0.15, 0.2) is 43.0 Å². The van der Waals surface area contributed by atoms with E-state index in [1.165, 1.54) is 5.56 Å². The first-order chi connectivity index (χ1) is 12.0. The highest BCUT2D eigenvalue weighted by molar-refractivity contribution is 6.27. The van der Waals surface area contributed by atoms with Gasteiger partial charge in [0.25, 0.3) is 0 Å². The first-order valence-corrected chi connectivity index (χ1v) is 8.09. The highest BCUT2D eigenvalue weighted by Gasteiger charge is 2.09. The van der Waals surface area contributed by atoms with Crippen molar-refractivity contribution in [2.24, 2.45) is 0 Å². The summed E-state index contributed by atoms with van der Waals surface area (Å²) in [6.45, 7) is 6.14. The van der Waals surface area contributed by atoms with Gasteiger partial charge in [-0.2, -0.15) is 0 Å². The van der Waals surface area contributed by atoms with Gasteiger partial charge in [-0.05, 0) is 30.4 Å². The van der Waals surface area contributed by atoms with Crippen molar-refractivity contribution in [3.8, 4) is 5.75 Å². The Morgan fingerprint density at radius 3 is 2.48 bits per heavy atom. The Hall–Kier alpha value is -2.83. The third kappa shape index (κ3) is 7.52. The molecule has 0 radical (unpaired) electrons. The number of aryl methyl sites for hydroxylation is 1. The molecule has 7 heteroatoms. The van der Waals surface area contributed by atoms with E-state index in [1.54, 1.807) is 6.20 Å². The van der Waals surface area contributed by atoms with Gasteiger partial charge in [-0.1, -0.05) is 32.0 Å². The zero-order chi connectivity index (χ0) is 18.7. The second-order valence-corrected chi connectivity index (χ2v) is 5.46. The van der Waals surface area contributed by atoms with Crippen molar-refractivity contribution in [2.75, 3.05) is 6.61 Å². The van der Waals surface area contributed by atoms with E-state index in [-0.39, 0.29) is 0 Å². The summed E-state index contributed by atoms with van der Waals surface area (Å²) in [4.78, 5) is 22.2. The topological polar surface area (TPSA) is 102 Å². The first kappa shape index (κ1) is 20.2. The number of nitrogens with zero attached hydrogens (tertiary/aromatic N) is 2. The summed E-state index contributed by atoms with van der Waals surface area (Å²) in [6, 6.07) is 8.36. The van der Waals surface area contributed by atoms with Gasteiger partial charge in [-0.3, -0.25) is 0 Å². The molecule has 1 heterocycles. The van der Waals surface area contributed by atoms with Crippen LogP contribution in [0.3, 0.4) is 0 Å². The number of hydrogen-bond acceptors (Lipinski definition) is 4. The van der Waals surface area contributed by atoms with E-state index in [4.69, 9.17) is 24.5 Å². The average molecular weight is 348 g/mol. The number of rotatable bonds is 7. The molecule has 0 saturated heterocycles. The molecule has 0 saturated carbocycles. The molecular formula is C18H24N2O5. The molecule has 0 bridgehead atoms. The third-order valence-electron chi connectivity index (χ3n) is 3.62. The lowest BCUT2D eigenvalue weighted by molar-refractivity contribution is -0.159. The molecule has 2 N–H and O–H groups in total. The van der Waals surface area contributed by atoms with Crippen molar-refractivity contribution in [1.29, 1.82) is 0 Å². The zero-order valence-corrected chi connectivity index (χ0v) is 14.5. The minimum absolute atomic E-state index is 0.546. The Labute approximate surface area is 146 Å². The van der Waals surface area contributed by atoms with E-state index in [0.29, 0.717) is 5.92 Å². The van der Waals surface area contributed by atoms with Crippen LogP contribution < -0.4 is 4.74 Å². The smallest absolute Gasteiger partial charge is 0.414 e. The fraction of sp³-hybridized carbons (Fsp3) is 0.389. The van der Waals surface area contributed by atoms with Gasteiger partial charge in [0.15, 0.2) is 0 Å². The average Bonchev–Trinajstić information content (AvgIpc) is 3.12. The molecule has 2 aromatic rings. The minimum atomic E-state index is -1.82. The quantitative estimate of drug-likeness (QED) is 0.589. The number of carbonyl (C=O) groups is 2. The third-order valence-corrected chi connectivity index (χ3v) is 3.62. The maximum Gasteiger partial charge on any atom is 0.414 e. The highest BCUT2D eigenvalue weighted by atomic mass is 16.5. The molecule has 0 aliphatic carbocycles. The first-order valence-electron chi connectivity index (χ1n) is 8.09. The maximum atomic E-state index is 9.10. The molecule has 0 spiro atoms. The normalized spacial score (nSPS) is 11.1. The monoisotopic (exact) mass is 348 g/mol. The predicted molar refractivity (Wildman–Crippen MR) is 92.8 cm³/mol. The van der Waals surface area contributed by atoms with Crippen LogP contribution in [-0.4, -0.2) is 38.3 Å². The van der Waals surface area contributed by atoms with E-state index in [1.807, 2.05) is 18.6 Å². The summed E-state index contributed by atoms with van der Waals surface area (Å²) in [5.74, 6) is -2.07. The lowest BCUT2D eigenvalue weighted by Crippen LogP contribution is -2.09. The van der Waals surface area contributed by atoms with Crippen molar-refractivity contribution in [3.63, 3.8) is 0 Å². The number of aromatic nitrogens is 2. The zero-order valence-electron chi connectivity index (χ0n) is 14.5. The van der Waals surface area contributed by atoms with E-state index < -0.39 is 11.9 Å². The molecule has 0 aliphatic heterocycles. The number of carboxylic acid groups (broad SMARTS) is 2. The Bertz CT molecular complexity index is 643. The Balaban J connectivity index is 0.000000450. The van der Waals surface area contributed by atoms with Crippen molar-refractivity contribution in [3.05, 3.63) is 48.5 Å². The number of imidazole rings is 1. The number of ether oxygens (including phenoxy) is 1. The van der Waals surface area contributed by atoms with Gasteiger partial charge >= 0.3 is 11.9 Å². The van der Waals surface area contributed by atoms with Crippen LogP contribution in [0.4, 0.5) is 0 Å². The van der Waals surface area contributed by atoms with Gasteiger partial charge in [0, 0.05) is 18.9 Å². The molecule has 136 valence electrons. The second kappa shape index (κ2) is 10.9. The summed E-state index contributed by atoms with van der Waals surface area (Å²) in [6.07, 6.45) is 7.75. The number of para-hydroxylation sites is 1. The van der Waals surface area contributed by atoms with Crippen molar-refractivity contribution in [1.82, 2.24) is 9.55 Å². The van der Waals surface area contributed by atoms with Crippen molar-refractivity contribution in [2.45, 2.75) is 39.2 Å². The van der Waals surface area contributed by atoms with E-state index in [0.717, 1.165) is 31.7 Å². The molecule has 0 aliphatic rings. The number of carboxylic acids is 2. The molecule has 2 rings (SSSR count). The number of aliphatic carboxylic acids is 2. The molecule has 1 aromatic heterocycles. The Morgan fingerprint density at radius 2 is 1.92 bits per heavy atom. The van der Waals surface area contributed by atoms with Crippen LogP contribution in [0, 0.1) is 0 Å². The van der Waals surface area contributed by atoms with Crippen LogP contribution in [0.2, 0.25) is 0 Å². The van der Waals surface area contributed by atoms with Crippen LogP contribution >= 0.6 is 0 Å². The van der Waals surface area contributed by atoms with Gasteiger partial charge < -0.3 is 19.5 Å². The molecule has 25 heavy (non-hydrogen) atoms. The van der Waals surface area contributed by atoms with Gasteiger partial charge in [0.2, 0.25) is 0 Å². The molecule has 0 amide bonds. The van der Waals surface area contributed by atoms with Crippen molar-refractivity contribution >= 4 is 11.9 Å². The second-order valence-electron chi connectivity index (χ2n) is 5.46. The Morgan fingerprint density at radius 1 is 1.24 bits per heavy atom. The highest BCUT2D eigenvalue weighted by Crippen LogP contribution is 2.28. The summed E-state index contributed by atoms with van der Waals surface area (Å²) in [7, 11) is 0. The maximum absolute atomic E-state index is 9.10. The van der Waals surface area contributed by atoms with Gasteiger partial charge in [0.1, 0.15) is 5.75 Å². The van der Waals surface area contributed by atoms with Crippen molar-refractivity contribution < 1.29 is 24.5 Å². The largest absolute Gasteiger partial charge is 0.493 e. The fourth-order valence-corrected chi connectivity index (χ4v) is 2.09. The van der Waals surface area contributed by atoms with Crippen LogP contribution in [0.1, 0.15) is 38.2 Å².